The summed E-state index contributed by atoms with van der Waals surface area (Å²) < 4.78 is 0. The highest BCUT2D eigenvalue weighted by molar-refractivity contribution is 6.03. The predicted molar refractivity (Wildman–Crippen MR) is 73.2 cm³/mol. The normalized spacial score (nSPS) is 16.9. The van der Waals surface area contributed by atoms with Crippen molar-refractivity contribution in [2.45, 2.75) is 26.2 Å². The van der Waals surface area contributed by atoms with Crippen molar-refractivity contribution in [3.8, 4) is 0 Å². The molecule has 0 aromatic heterocycles. The molecule has 4 nitrogen and oxygen atoms in total. The molecule has 4 heteroatoms. The number of benzene rings is 1. The van der Waals surface area contributed by atoms with Gasteiger partial charge in [0.15, 0.2) is 0 Å². The summed E-state index contributed by atoms with van der Waals surface area (Å²) in [5.74, 6) is -1.04. The molecule has 0 saturated heterocycles. The Balaban J connectivity index is 2.32. The molecule has 0 spiro atoms. The smallest absolute Gasteiger partial charge is 0.304 e. The van der Waals surface area contributed by atoms with Crippen LogP contribution in [0.25, 0.3) is 0 Å². The van der Waals surface area contributed by atoms with Crippen LogP contribution < -0.4 is 4.90 Å². The SMILES string of the molecule is CC(C)=CC(=O)N1CC(CC(=O)O)c2ccccc21. The van der Waals surface area contributed by atoms with E-state index < -0.39 is 5.97 Å². The van der Waals surface area contributed by atoms with Crippen molar-refractivity contribution < 1.29 is 14.7 Å². The van der Waals surface area contributed by atoms with Gasteiger partial charge in [0.25, 0.3) is 5.91 Å². The molecular formula is C15H17NO3. The van der Waals surface area contributed by atoms with Crippen LogP contribution in [0.1, 0.15) is 31.7 Å². The van der Waals surface area contributed by atoms with Crippen LogP contribution in [0.3, 0.4) is 0 Å². The average Bonchev–Trinajstić information content (AvgIpc) is 2.67. The van der Waals surface area contributed by atoms with E-state index in [0.29, 0.717) is 6.54 Å². The summed E-state index contributed by atoms with van der Waals surface area (Å²) in [5.41, 5.74) is 2.71. The highest BCUT2D eigenvalue weighted by Crippen LogP contribution is 2.38. The number of hydrogen-bond donors (Lipinski definition) is 1. The fraction of sp³-hybridized carbons (Fsp3) is 0.333. The zero-order valence-corrected chi connectivity index (χ0v) is 11.1. The van der Waals surface area contributed by atoms with Gasteiger partial charge >= 0.3 is 5.97 Å². The average molecular weight is 259 g/mol. The van der Waals surface area contributed by atoms with E-state index in [1.54, 1.807) is 11.0 Å². The van der Waals surface area contributed by atoms with Gasteiger partial charge in [-0.15, -0.1) is 0 Å². The lowest BCUT2D eigenvalue weighted by molar-refractivity contribution is -0.137. The minimum absolute atomic E-state index is 0.0512. The Bertz CT molecular complexity index is 544. The Morgan fingerprint density at radius 2 is 2.05 bits per heavy atom. The number of rotatable bonds is 3. The molecule has 0 fully saturated rings. The van der Waals surface area contributed by atoms with E-state index >= 15 is 0 Å². The largest absolute Gasteiger partial charge is 0.481 e. The van der Waals surface area contributed by atoms with E-state index in [1.165, 1.54) is 0 Å². The van der Waals surface area contributed by atoms with E-state index in [4.69, 9.17) is 5.11 Å². The molecule has 1 atom stereocenters. The quantitative estimate of drug-likeness (QED) is 0.849. The molecule has 1 unspecified atom stereocenters. The molecule has 1 aromatic rings. The number of allylic oxidation sites excluding steroid dienone is 1. The maximum absolute atomic E-state index is 12.2. The number of carbonyl (C=O) groups is 2. The zero-order valence-electron chi connectivity index (χ0n) is 11.1. The first-order valence-electron chi connectivity index (χ1n) is 6.26. The monoisotopic (exact) mass is 259 g/mol. The molecule has 0 bridgehead atoms. The molecule has 0 radical (unpaired) electrons. The van der Waals surface area contributed by atoms with Gasteiger partial charge in [-0.3, -0.25) is 9.59 Å². The van der Waals surface area contributed by atoms with Crippen LogP contribution >= 0.6 is 0 Å². The Kier molecular flexibility index (Phi) is 3.69. The Morgan fingerprint density at radius 3 is 2.68 bits per heavy atom. The fourth-order valence-electron chi connectivity index (χ4n) is 2.41. The highest BCUT2D eigenvalue weighted by Gasteiger charge is 2.32. The first kappa shape index (κ1) is 13.3. The third kappa shape index (κ3) is 2.84. The standard InChI is InChI=1S/C15H17NO3/c1-10(2)7-14(17)16-9-11(8-15(18)19)12-5-3-4-6-13(12)16/h3-7,11H,8-9H2,1-2H3,(H,18,19). The van der Waals surface area contributed by atoms with Gasteiger partial charge in [0.1, 0.15) is 0 Å². The van der Waals surface area contributed by atoms with E-state index in [0.717, 1.165) is 16.8 Å². The van der Waals surface area contributed by atoms with Crippen molar-refractivity contribution in [1.82, 2.24) is 0 Å². The second kappa shape index (κ2) is 5.26. The predicted octanol–water partition coefficient (Wildman–Crippen LogP) is 2.56. The van der Waals surface area contributed by atoms with Gasteiger partial charge in [-0.2, -0.15) is 0 Å². The van der Waals surface area contributed by atoms with Gasteiger partial charge in [-0.25, -0.2) is 0 Å². The Hall–Kier alpha value is -2.10. The Labute approximate surface area is 112 Å². The number of para-hydroxylation sites is 1. The van der Waals surface area contributed by atoms with Crippen LogP contribution in [0.5, 0.6) is 0 Å². The molecule has 1 amide bonds. The molecule has 19 heavy (non-hydrogen) atoms. The molecular weight excluding hydrogens is 242 g/mol. The summed E-state index contributed by atoms with van der Waals surface area (Å²) >= 11 is 0. The molecule has 1 aliphatic heterocycles. The van der Waals surface area contributed by atoms with Crippen molar-refractivity contribution in [2.24, 2.45) is 0 Å². The number of carboxylic acid groups (broad SMARTS) is 1. The first-order valence-corrected chi connectivity index (χ1v) is 6.26. The van der Waals surface area contributed by atoms with Gasteiger partial charge in [0.2, 0.25) is 0 Å². The summed E-state index contributed by atoms with van der Waals surface area (Å²) in [6, 6.07) is 7.51. The summed E-state index contributed by atoms with van der Waals surface area (Å²) in [6.45, 7) is 4.18. The van der Waals surface area contributed by atoms with Crippen LogP contribution in [-0.4, -0.2) is 23.5 Å². The maximum Gasteiger partial charge on any atom is 0.304 e. The van der Waals surface area contributed by atoms with Crippen LogP contribution in [-0.2, 0) is 9.59 Å². The van der Waals surface area contributed by atoms with Gasteiger partial charge in [0, 0.05) is 24.2 Å². The molecule has 1 aliphatic rings. The lowest BCUT2D eigenvalue weighted by Gasteiger charge is -2.15. The van der Waals surface area contributed by atoms with Crippen molar-refractivity contribution in [2.75, 3.05) is 11.4 Å². The first-order chi connectivity index (χ1) is 8.99. The lowest BCUT2D eigenvalue weighted by atomic mass is 9.98. The minimum Gasteiger partial charge on any atom is -0.481 e. The third-order valence-electron chi connectivity index (χ3n) is 3.17. The maximum atomic E-state index is 12.2. The minimum atomic E-state index is -0.837. The van der Waals surface area contributed by atoms with Gasteiger partial charge in [-0.05, 0) is 25.5 Å². The number of anilines is 1. The lowest BCUT2D eigenvalue weighted by Crippen LogP contribution is -2.28. The van der Waals surface area contributed by atoms with Crippen molar-refractivity contribution in [1.29, 1.82) is 0 Å². The second-order valence-electron chi connectivity index (χ2n) is 5.02. The van der Waals surface area contributed by atoms with Crippen molar-refractivity contribution >= 4 is 17.6 Å². The number of nitrogens with zero attached hydrogens (tertiary/aromatic N) is 1. The van der Waals surface area contributed by atoms with E-state index in [1.807, 2.05) is 38.1 Å². The number of carbonyl (C=O) groups excluding carboxylic acids is 1. The van der Waals surface area contributed by atoms with Crippen molar-refractivity contribution in [3.05, 3.63) is 41.5 Å². The third-order valence-corrected chi connectivity index (χ3v) is 3.17. The van der Waals surface area contributed by atoms with Crippen LogP contribution in [0.4, 0.5) is 5.69 Å². The molecule has 1 N–H and O–H groups in total. The molecule has 1 heterocycles. The summed E-state index contributed by atoms with van der Waals surface area (Å²) in [4.78, 5) is 24.7. The second-order valence-corrected chi connectivity index (χ2v) is 5.02. The summed E-state index contributed by atoms with van der Waals surface area (Å²) in [6.07, 6.45) is 1.63. The van der Waals surface area contributed by atoms with Crippen LogP contribution in [0, 0.1) is 0 Å². The number of aliphatic carboxylic acids is 1. The number of amides is 1. The van der Waals surface area contributed by atoms with Crippen molar-refractivity contribution in [3.63, 3.8) is 0 Å². The van der Waals surface area contributed by atoms with Crippen LogP contribution in [0.15, 0.2) is 35.9 Å². The Morgan fingerprint density at radius 1 is 1.37 bits per heavy atom. The fourth-order valence-corrected chi connectivity index (χ4v) is 2.41. The summed E-state index contributed by atoms with van der Waals surface area (Å²) in [5, 5.41) is 8.95. The van der Waals surface area contributed by atoms with E-state index in [9.17, 15) is 9.59 Å². The van der Waals surface area contributed by atoms with Crippen LogP contribution in [0.2, 0.25) is 0 Å². The number of carboxylic acids is 1. The molecule has 2 rings (SSSR count). The molecule has 1 aromatic carbocycles. The van der Waals surface area contributed by atoms with Gasteiger partial charge in [0.05, 0.1) is 6.42 Å². The number of fused-ring (bicyclic) bond motifs is 1. The van der Waals surface area contributed by atoms with Gasteiger partial charge in [-0.1, -0.05) is 23.8 Å². The molecule has 0 saturated carbocycles. The topological polar surface area (TPSA) is 57.6 Å². The molecule has 0 aliphatic carbocycles. The van der Waals surface area contributed by atoms with E-state index in [-0.39, 0.29) is 18.2 Å². The number of hydrogen-bond acceptors (Lipinski definition) is 2. The van der Waals surface area contributed by atoms with E-state index in [2.05, 4.69) is 0 Å². The zero-order chi connectivity index (χ0) is 14.0. The highest BCUT2D eigenvalue weighted by atomic mass is 16.4. The summed E-state index contributed by atoms with van der Waals surface area (Å²) in [7, 11) is 0. The molecule has 100 valence electrons. The van der Waals surface area contributed by atoms with Gasteiger partial charge < -0.3 is 10.0 Å².